The van der Waals surface area contributed by atoms with Gasteiger partial charge in [0.1, 0.15) is 10.7 Å². The van der Waals surface area contributed by atoms with Crippen molar-refractivity contribution in [2.75, 3.05) is 0 Å². The van der Waals surface area contributed by atoms with Gasteiger partial charge < -0.3 is 4.98 Å². The molecule has 0 amide bonds. The van der Waals surface area contributed by atoms with E-state index in [9.17, 15) is 0 Å². The lowest BCUT2D eigenvalue weighted by atomic mass is 10.1. The van der Waals surface area contributed by atoms with Crippen LogP contribution in [0.4, 0.5) is 0 Å². The Hall–Kier alpha value is -2.53. The van der Waals surface area contributed by atoms with Crippen molar-refractivity contribution in [3.8, 4) is 22.0 Å². The van der Waals surface area contributed by atoms with Crippen molar-refractivity contribution in [3.05, 3.63) is 53.9 Å². The second kappa shape index (κ2) is 5.35. The van der Waals surface area contributed by atoms with Crippen LogP contribution in [0.15, 0.2) is 48.4 Å². The van der Waals surface area contributed by atoms with E-state index in [-0.39, 0.29) is 0 Å². The minimum atomic E-state index is 0.813. The number of H-pyrrole nitrogens is 1. The monoisotopic (exact) mass is 306 g/mol. The molecule has 0 fully saturated rings. The van der Waals surface area contributed by atoms with Gasteiger partial charge in [0, 0.05) is 40.4 Å². The minimum absolute atomic E-state index is 0.813. The van der Waals surface area contributed by atoms with Crippen LogP contribution in [0.1, 0.15) is 12.5 Å². The number of hydrogen-bond donors (Lipinski definition) is 1. The number of benzene rings is 1. The summed E-state index contributed by atoms with van der Waals surface area (Å²) in [5, 5.41) is 4.19. The fourth-order valence-electron chi connectivity index (χ4n) is 2.65. The van der Waals surface area contributed by atoms with E-state index in [4.69, 9.17) is 4.98 Å². The molecular weight excluding hydrogens is 292 g/mol. The number of nitrogens with one attached hydrogen (secondary N) is 1. The van der Waals surface area contributed by atoms with Crippen LogP contribution < -0.4 is 0 Å². The van der Waals surface area contributed by atoms with Crippen molar-refractivity contribution in [2.24, 2.45) is 0 Å². The molecule has 1 N–H and O–H groups in total. The van der Waals surface area contributed by atoms with Gasteiger partial charge in [0.25, 0.3) is 0 Å². The summed E-state index contributed by atoms with van der Waals surface area (Å²) in [4.78, 5) is 16.5. The van der Waals surface area contributed by atoms with E-state index in [0.717, 1.165) is 28.4 Å². The zero-order valence-corrected chi connectivity index (χ0v) is 12.9. The summed E-state index contributed by atoms with van der Waals surface area (Å²) in [6, 6.07) is 6.41. The van der Waals surface area contributed by atoms with Crippen molar-refractivity contribution >= 4 is 22.2 Å². The van der Waals surface area contributed by atoms with E-state index in [1.807, 2.05) is 6.20 Å². The van der Waals surface area contributed by atoms with Crippen LogP contribution in [0.3, 0.4) is 0 Å². The fourth-order valence-corrected chi connectivity index (χ4v) is 3.43. The Labute approximate surface area is 131 Å². The lowest BCUT2D eigenvalue weighted by molar-refractivity contribution is 1.15. The molecule has 0 atom stereocenters. The van der Waals surface area contributed by atoms with Gasteiger partial charge in [0.15, 0.2) is 0 Å². The molecule has 4 rings (SSSR count). The average molecular weight is 306 g/mol. The van der Waals surface area contributed by atoms with Gasteiger partial charge in [-0.2, -0.15) is 0 Å². The Morgan fingerprint density at radius 1 is 1.18 bits per heavy atom. The number of fused-ring (bicyclic) bond motifs is 1. The molecule has 4 nitrogen and oxygen atoms in total. The highest BCUT2D eigenvalue weighted by Crippen LogP contribution is 2.33. The van der Waals surface area contributed by atoms with Crippen LogP contribution in [0, 0.1) is 0 Å². The molecule has 0 saturated heterocycles. The summed E-state index contributed by atoms with van der Waals surface area (Å²) >= 11 is 1.59. The maximum atomic E-state index is 4.72. The van der Waals surface area contributed by atoms with E-state index < -0.39 is 0 Å². The van der Waals surface area contributed by atoms with Gasteiger partial charge in [0.2, 0.25) is 0 Å². The number of aromatic amines is 1. The van der Waals surface area contributed by atoms with Gasteiger partial charge in [0.05, 0.1) is 11.9 Å². The lowest BCUT2D eigenvalue weighted by Crippen LogP contribution is -1.84. The molecule has 108 valence electrons. The number of rotatable bonds is 3. The first-order valence-electron chi connectivity index (χ1n) is 7.18. The van der Waals surface area contributed by atoms with Crippen LogP contribution in [0.25, 0.3) is 32.9 Å². The highest BCUT2D eigenvalue weighted by Gasteiger charge is 2.12. The first-order chi connectivity index (χ1) is 10.9. The summed E-state index contributed by atoms with van der Waals surface area (Å²) in [7, 11) is 0. The molecule has 3 aromatic heterocycles. The number of aromatic nitrogens is 4. The smallest absolute Gasteiger partial charge is 0.144 e. The molecule has 4 aromatic rings. The molecule has 0 radical (unpaired) electrons. The number of hydrogen-bond acceptors (Lipinski definition) is 4. The van der Waals surface area contributed by atoms with E-state index in [2.05, 4.69) is 45.5 Å². The van der Waals surface area contributed by atoms with Gasteiger partial charge in [-0.1, -0.05) is 25.1 Å². The van der Waals surface area contributed by atoms with Crippen molar-refractivity contribution in [3.63, 3.8) is 0 Å². The molecule has 0 saturated carbocycles. The van der Waals surface area contributed by atoms with Gasteiger partial charge in [-0.15, -0.1) is 11.3 Å². The van der Waals surface area contributed by atoms with E-state index in [1.165, 1.54) is 16.5 Å². The maximum absolute atomic E-state index is 4.72. The molecule has 0 spiro atoms. The second-order valence-corrected chi connectivity index (χ2v) is 5.88. The van der Waals surface area contributed by atoms with Crippen LogP contribution in [0.2, 0.25) is 0 Å². The Balaban J connectivity index is 1.82. The maximum Gasteiger partial charge on any atom is 0.144 e. The second-order valence-electron chi connectivity index (χ2n) is 5.02. The quantitative estimate of drug-likeness (QED) is 0.613. The molecule has 0 aliphatic rings. The highest BCUT2D eigenvalue weighted by molar-refractivity contribution is 7.13. The molecule has 5 heteroatoms. The molecule has 22 heavy (non-hydrogen) atoms. The third-order valence-corrected chi connectivity index (χ3v) is 4.61. The fraction of sp³-hybridized carbons (Fsp3) is 0.118. The van der Waals surface area contributed by atoms with Gasteiger partial charge >= 0.3 is 0 Å². The van der Waals surface area contributed by atoms with E-state index in [0.29, 0.717) is 0 Å². The van der Waals surface area contributed by atoms with Gasteiger partial charge in [-0.05, 0) is 12.0 Å². The van der Waals surface area contributed by atoms with Crippen LogP contribution in [0.5, 0.6) is 0 Å². The summed E-state index contributed by atoms with van der Waals surface area (Å²) in [5.74, 6) is 0. The van der Waals surface area contributed by atoms with Crippen LogP contribution in [-0.4, -0.2) is 19.9 Å². The summed E-state index contributed by atoms with van der Waals surface area (Å²) < 4.78 is 0. The Kier molecular flexibility index (Phi) is 3.20. The van der Waals surface area contributed by atoms with Crippen molar-refractivity contribution in [2.45, 2.75) is 13.3 Å². The number of para-hydroxylation sites is 1. The molecule has 1 aromatic carbocycles. The molecule has 0 bridgehead atoms. The third-order valence-electron chi connectivity index (χ3n) is 3.75. The molecule has 0 aliphatic carbocycles. The predicted molar refractivity (Wildman–Crippen MR) is 89.8 cm³/mol. The first-order valence-corrected chi connectivity index (χ1v) is 8.06. The Morgan fingerprint density at radius 2 is 2.14 bits per heavy atom. The molecule has 0 unspecified atom stereocenters. The standard InChI is InChI=1S/C17H14N4S/c1-2-11-4-3-5-12-13(8-20-16(11)12)15-10-22-17(21-15)14-9-18-6-7-19-14/h3-10,20H,2H2,1H3. The van der Waals surface area contributed by atoms with Crippen molar-refractivity contribution in [1.29, 1.82) is 0 Å². The Bertz CT molecular complexity index is 924. The summed E-state index contributed by atoms with van der Waals surface area (Å²) in [5.41, 5.74) is 5.46. The van der Waals surface area contributed by atoms with Crippen LogP contribution in [-0.2, 0) is 6.42 Å². The number of aryl methyl sites for hydroxylation is 1. The zero-order chi connectivity index (χ0) is 14.9. The predicted octanol–water partition coefficient (Wildman–Crippen LogP) is 4.31. The minimum Gasteiger partial charge on any atom is -0.360 e. The SMILES string of the molecule is CCc1cccc2c(-c3csc(-c4cnccn4)n3)c[nH]c12. The molecule has 0 aliphatic heterocycles. The topological polar surface area (TPSA) is 54.5 Å². The number of thiazole rings is 1. The summed E-state index contributed by atoms with van der Waals surface area (Å²) in [6.07, 6.45) is 8.16. The van der Waals surface area contributed by atoms with E-state index >= 15 is 0 Å². The first kappa shape index (κ1) is 13.2. The zero-order valence-electron chi connectivity index (χ0n) is 12.1. The average Bonchev–Trinajstić information content (AvgIpc) is 3.22. The number of nitrogens with zero attached hydrogens (tertiary/aromatic N) is 3. The van der Waals surface area contributed by atoms with Crippen LogP contribution >= 0.6 is 11.3 Å². The highest BCUT2D eigenvalue weighted by atomic mass is 32.1. The summed E-state index contributed by atoms with van der Waals surface area (Å²) in [6.45, 7) is 2.17. The van der Waals surface area contributed by atoms with Crippen molar-refractivity contribution in [1.82, 2.24) is 19.9 Å². The molecular formula is C17H14N4S. The Morgan fingerprint density at radius 3 is 2.95 bits per heavy atom. The van der Waals surface area contributed by atoms with E-state index in [1.54, 1.807) is 29.9 Å². The largest absolute Gasteiger partial charge is 0.360 e. The normalized spacial score (nSPS) is 11.1. The lowest BCUT2D eigenvalue weighted by Gasteiger charge is -1.99. The van der Waals surface area contributed by atoms with Crippen molar-refractivity contribution < 1.29 is 0 Å². The van der Waals surface area contributed by atoms with Gasteiger partial charge in [-0.25, -0.2) is 4.98 Å². The van der Waals surface area contributed by atoms with Gasteiger partial charge in [-0.3, -0.25) is 9.97 Å². The molecule has 3 heterocycles. The third kappa shape index (κ3) is 2.10.